The summed E-state index contributed by atoms with van der Waals surface area (Å²) in [6.07, 6.45) is 1.95. The second-order valence-electron chi connectivity index (χ2n) is 2.86. The van der Waals surface area contributed by atoms with Crippen molar-refractivity contribution in [3.05, 3.63) is 41.1 Å². The smallest absolute Gasteiger partial charge is 0.177 e. The van der Waals surface area contributed by atoms with Gasteiger partial charge < -0.3 is 0 Å². The van der Waals surface area contributed by atoms with Crippen LogP contribution in [0.4, 0.5) is 0 Å². The lowest BCUT2D eigenvalue weighted by atomic mass is 10.1. The van der Waals surface area contributed by atoms with Crippen LogP contribution in [0.2, 0.25) is 0 Å². The van der Waals surface area contributed by atoms with Crippen molar-refractivity contribution in [2.75, 3.05) is 0 Å². The molecule has 0 saturated heterocycles. The van der Waals surface area contributed by atoms with Gasteiger partial charge in [0.05, 0.1) is 0 Å². The Balaban J connectivity index is 2.64. The molecule has 1 aromatic rings. The molecule has 2 rings (SSSR count). The lowest BCUT2D eigenvalue weighted by Gasteiger charge is -1.94. The topological polar surface area (TPSA) is 17.1 Å². The van der Waals surface area contributed by atoms with Gasteiger partial charge >= 0.3 is 0 Å². The van der Waals surface area contributed by atoms with Crippen LogP contribution >= 0.6 is 0 Å². The molecule has 58 valence electrons. The Morgan fingerprint density at radius 3 is 2.83 bits per heavy atom. The van der Waals surface area contributed by atoms with E-state index in [1.54, 1.807) is 5.94 Å². The average Bonchev–Trinajstić information content (AvgIpc) is 2.50. The summed E-state index contributed by atoms with van der Waals surface area (Å²) >= 11 is 0. The number of hydrogen-bond donors (Lipinski definition) is 0. The Hall–Kier alpha value is -1.55. The molecule has 0 radical (unpaired) electrons. The van der Waals surface area contributed by atoms with Crippen LogP contribution in [-0.2, 0) is 11.2 Å². The summed E-state index contributed by atoms with van der Waals surface area (Å²) in [6.45, 7) is 0. The highest BCUT2D eigenvalue weighted by Crippen LogP contribution is 2.30. The van der Waals surface area contributed by atoms with Crippen molar-refractivity contribution in [2.24, 2.45) is 0 Å². The minimum Gasteiger partial charge on any atom is -0.224 e. The molecule has 0 aromatic heterocycles. The zero-order chi connectivity index (χ0) is 8.39. The van der Waals surface area contributed by atoms with Crippen LogP contribution in [-0.4, -0.2) is 5.94 Å². The van der Waals surface area contributed by atoms with E-state index >= 15 is 0 Å². The van der Waals surface area contributed by atoms with E-state index in [9.17, 15) is 4.79 Å². The number of hydrogen-bond acceptors (Lipinski definition) is 1. The van der Waals surface area contributed by atoms with Crippen molar-refractivity contribution < 1.29 is 4.79 Å². The predicted molar refractivity (Wildman–Crippen MR) is 47.4 cm³/mol. The third-order valence-electron chi connectivity index (χ3n) is 2.19. The predicted octanol–water partition coefficient (Wildman–Crippen LogP) is 2.00. The molecule has 0 saturated carbocycles. The summed E-state index contributed by atoms with van der Waals surface area (Å²) < 4.78 is 0. The Bertz CT molecular complexity index is 391. The molecule has 0 atom stereocenters. The molecule has 1 heteroatoms. The van der Waals surface area contributed by atoms with Gasteiger partial charge in [0.1, 0.15) is 0 Å². The molecular weight excluding hydrogens is 148 g/mol. The molecule has 0 heterocycles. The molecule has 0 fully saturated rings. The zero-order valence-electron chi connectivity index (χ0n) is 6.63. The van der Waals surface area contributed by atoms with Crippen molar-refractivity contribution in [1.29, 1.82) is 0 Å². The average molecular weight is 156 g/mol. The molecule has 12 heavy (non-hydrogen) atoms. The zero-order valence-corrected chi connectivity index (χ0v) is 6.63. The Morgan fingerprint density at radius 2 is 2.00 bits per heavy atom. The van der Waals surface area contributed by atoms with Gasteiger partial charge in [-0.05, 0) is 29.7 Å². The fourth-order valence-corrected chi connectivity index (χ4v) is 1.62. The normalized spacial score (nSPS) is 13.5. The summed E-state index contributed by atoms with van der Waals surface area (Å²) in [5.41, 5.74) is 6.09. The number of benzene rings is 1. The summed E-state index contributed by atoms with van der Waals surface area (Å²) in [6, 6.07) is 8.12. The van der Waals surface area contributed by atoms with E-state index in [2.05, 4.69) is 11.8 Å². The minimum absolute atomic E-state index is 0.925. The first-order valence-corrected chi connectivity index (χ1v) is 3.99. The molecule has 0 bridgehead atoms. The van der Waals surface area contributed by atoms with Gasteiger partial charge in [0, 0.05) is 5.57 Å². The molecule has 1 aliphatic carbocycles. The lowest BCUT2D eigenvalue weighted by molar-refractivity contribution is 0.569. The van der Waals surface area contributed by atoms with Crippen molar-refractivity contribution in [1.82, 2.24) is 0 Å². The van der Waals surface area contributed by atoms with Crippen LogP contribution in [0.3, 0.4) is 0 Å². The maximum Gasteiger partial charge on any atom is 0.177 e. The van der Waals surface area contributed by atoms with Crippen LogP contribution in [0.15, 0.2) is 30.0 Å². The van der Waals surface area contributed by atoms with Gasteiger partial charge in [-0.25, -0.2) is 4.79 Å². The molecular formula is C11H8O. The molecule has 0 N–H and O–H groups in total. The number of fused-ring (bicyclic) bond motifs is 1. The highest BCUT2D eigenvalue weighted by Gasteiger charge is 2.14. The number of aryl methyl sites for hydroxylation is 1. The van der Waals surface area contributed by atoms with Gasteiger partial charge in [-0.1, -0.05) is 24.3 Å². The number of allylic oxidation sites excluding steroid dienone is 1. The standard InChI is InChI=1S/C11H8O/c12-8-7-10-6-5-9-3-1-2-4-11(9)10/h1-4H,5-6H2. The van der Waals surface area contributed by atoms with E-state index < -0.39 is 0 Å². The van der Waals surface area contributed by atoms with Gasteiger partial charge in [0.2, 0.25) is 0 Å². The van der Waals surface area contributed by atoms with Gasteiger partial charge in [-0.3, -0.25) is 0 Å². The van der Waals surface area contributed by atoms with E-state index in [1.807, 2.05) is 18.2 Å². The van der Waals surface area contributed by atoms with Crippen molar-refractivity contribution >= 4 is 11.5 Å². The SMILES string of the molecule is O=C=C=C1CCc2ccccc21. The van der Waals surface area contributed by atoms with Crippen LogP contribution in [0.5, 0.6) is 0 Å². The summed E-state index contributed by atoms with van der Waals surface area (Å²) in [4.78, 5) is 10.1. The van der Waals surface area contributed by atoms with Crippen molar-refractivity contribution in [3.63, 3.8) is 0 Å². The highest BCUT2D eigenvalue weighted by molar-refractivity contribution is 5.75. The van der Waals surface area contributed by atoms with Crippen molar-refractivity contribution in [2.45, 2.75) is 12.8 Å². The third kappa shape index (κ3) is 1.02. The fourth-order valence-electron chi connectivity index (χ4n) is 1.62. The number of carbonyl (C=O) groups excluding carboxylic acids is 1. The number of rotatable bonds is 0. The van der Waals surface area contributed by atoms with E-state index in [-0.39, 0.29) is 0 Å². The second-order valence-corrected chi connectivity index (χ2v) is 2.86. The quantitative estimate of drug-likeness (QED) is 0.414. The second kappa shape index (κ2) is 2.83. The molecule has 0 unspecified atom stereocenters. The largest absolute Gasteiger partial charge is 0.224 e. The first-order valence-electron chi connectivity index (χ1n) is 3.99. The lowest BCUT2D eigenvalue weighted by Crippen LogP contribution is -1.77. The maximum atomic E-state index is 10.1. The highest BCUT2D eigenvalue weighted by atomic mass is 16.1. The van der Waals surface area contributed by atoms with Crippen LogP contribution < -0.4 is 0 Å². The molecule has 1 nitrogen and oxygen atoms in total. The van der Waals surface area contributed by atoms with Gasteiger partial charge in [0.25, 0.3) is 0 Å². The molecule has 0 amide bonds. The molecule has 1 aromatic carbocycles. The summed E-state index contributed by atoms with van der Waals surface area (Å²) in [7, 11) is 0. The minimum atomic E-state index is 0.925. The molecule has 1 aliphatic rings. The summed E-state index contributed by atoms with van der Waals surface area (Å²) in [5.74, 6) is 1.71. The first kappa shape index (κ1) is 7.12. The first-order chi connectivity index (χ1) is 5.92. The fraction of sp³-hybridized carbons (Fsp3) is 0.182. The van der Waals surface area contributed by atoms with Crippen LogP contribution in [0.1, 0.15) is 17.5 Å². The molecule has 0 spiro atoms. The Labute approximate surface area is 71.0 Å². The van der Waals surface area contributed by atoms with E-state index in [0.717, 1.165) is 18.4 Å². The van der Waals surface area contributed by atoms with Gasteiger partial charge in [-0.2, -0.15) is 0 Å². The third-order valence-corrected chi connectivity index (χ3v) is 2.19. The Morgan fingerprint density at radius 1 is 1.17 bits per heavy atom. The van der Waals surface area contributed by atoms with E-state index in [1.165, 1.54) is 11.1 Å². The van der Waals surface area contributed by atoms with Crippen LogP contribution in [0.25, 0.3) is 5.57 Å². The van der Waals surface area contributed by atoms with Gasteiger partial charge in [-0.15, -0.1) is 0 Å². The van der Waals surface area contributed by atoms with Crippen LogP contribution in [0, 0.1) is 0 Å². The monoisotopic (exact) mass is 156 g/mol. The van der Waals surface area contributed by atoms with E-state index in [4.69, 9.17) is 0 Å². The maximum absolute atomic E-state index is 10.1. The van der Waals surface area contributed by atoms with E-state index in [0.29, 0.717) is 0 Å². The summed E-state index contributed by atoms with van der Waals surface area (Å²) in [5, 5.41) is 0. The van der Waals surface area contributed by atoms with Gasteiger partial charge in [0.15, 0.2) is 5.94 Å². The molecule has 0 aliphatic heterocycles. The Kier molecular flexibility index (Phi) is 1.68. The van der Waals surface area contributed by atoms with Crippen molar-refractivity contribution in [3.8, 4) is 0 Å².